The number of hydrogen-bond donors (Lipinski definition) is 0. The number of ketones is 2. The minimum Gasteiger partial charge on any atom is -0.289 e. The Kier molecular flexibility index (Phi) is 1.53. The minimum atomic E-state index is -0.162. The van der Waals surface area contributed by atoms with Gasteiger partial charge in [-0.2, -0.15) is 0 Å². The van der Waals surface area contributed by atoms with Gasteiger partial charge in [-0.1, -0.05) is 5.57 Å². The molecule has 1 aliphatic carbocycles. The molecule has 0 aliphatic heterocycles. The maximum atomic E-state index is 10.9. The first-order valence-corrected chi connectivity index (χ1v) is 3.07. The third-order valence-corrected chi connectivity index (χ3v) is 1.38. The molecule has 0 aromatic carbocycles. The minimum absolute atomic E-state index is 0.162. The quantitative estimate of drug-likeness (QED) is 0.368. The van der Waals surface area contributed by atoms with Crippen molar-refractivity contribution in [1.82, 2.24) is 0 Å². The van der Waals surface area contributed by atoms with Gasteiger partial charge in [0.1, 0.15) is 0 Å². The predicted octanol–water partition coefficient (Wildman–Crippen LogP) is 1.03. The molecule has 2 heteroatoms. The molecule has 0 N–H and O–H groups in total. The van der Waals surface area contributed by atoms with Gasteiger partial charge in [0.25, 0.3) is 0 Å². The third-order valence-electron chi connectivity index (χ3n) is 1.38. The first kappa shape index (κ1) is 6.93. The van der Waals surface area contributed by atoms with E-state index in [1.54, 1.807) is 13.8 Å². The van der Waals surface area contributed by atoms with Crippen molar-refractivity contribution in [2.24, 2.45) is 0 Å². The van der Waals surface area contributed by atoms with Crippen LogP contribution in [-0.2, 0) is 9.59 Å². The zero-order valence-electron chi connectivity index (χ0n) is 5.97. The van der Waals surface area contributed by atoms with Crippen molar-refractivity contribution in [3.63, 3.8) is 0 Å². The van der Waals surface area contributed by atoms with E-state index in [9.17, 15) is 9.59 Å². The molecular weight excluding hydrogens is 128 g/mol. The first-order chi connectivity index (χ1) is 4.63. The summed E-state index contributed by atoms with van der Waals surface area (Å²) in [5.74, 6) is -0.324. The average molecular weight is 136 g/mol. The van der Waals surface area contributed by atoms with Gasteiger partial charge < -0.3 is 0 Å². The second-order valence-corrected chi connectivity index (χ2v) is 2.44. The average Bonchev–Trinajstić information content (AvgIpc) is 2.11. The van der Waals surface area contributed by atoms with Crippen LogP contribution < -0.4 is 0 Å². The molecule has 52 valence electrons. The maximum absolute atomic E-state index is 10.9. The Bertz CT molecular complexity index is 232. The van der Waals surface area contributed by atoms with E-state index in [4.69, 9.17) is 0 Å². The highest BCUT2D eigenvalue weighted by atomic mass is 16.2. The van der Waals surface area contributed by atoms with Gasteiger partial charge in [0.05, 0.1) is 5.57 Å². The fraction of sp³-hybridized carbons (Fsp3) is 0.250. The molecule has 0 saturated carbocycles. The lowest BCUT2D eigenvalue weighted by Gasteiger charge is -1.93. The summed E-state index contributed by atoms with van der Waals surface area (Å²) in [5.41, 5.74) is 1.13. The monoisotopic (exact) mass is 136 g/mol. The Morgan fingerprint density at radius 1 is 1.10 bits per heavy atom. The molecule has 0 bridgehead atoms. The molecule has 0 heterocycles. The van der Waals surface area contributed by atoms with Crippen molar-refractivity contribution in [3.05, 3.63) is 23.3 Å². The van der Waals surface area contributed by atoms with E-state index in [-0.39, 0.29) is 11.6 Å². The van der Waals surface area contributed by atoms with E-state index in [0.717, 1.165) is 5.57 Å². The van der Waals surface area contributed by atoms with E-state index in [1.807, 2.05) is 0 Å². The standard InChI is InChI=1S/C8H8O2/c1-5(2)8-6(9)3-4-7(8)10/h3-4H,1-2H3. The van der Waals surface area contributed by atoms with Crippen LogP contribution in [0.4, 0.5) is 0 Å². The van der Waals surface area contributed by atoms with Crippen molar-refractivity contribution in [3.8, 4) is 0 Å². The van der Waals surface area contributed by atoms with Crippen molar-refractivity contribution in [2.45, 2.75) is 13.8 Å². The van der Waals surface area contributed by atoms with Gasteiger partial charge in [0.2, 0.25) is 0 Å². The molecule has 2 nitrogen and oxygen atoms in total. The highest BCUT2D eigenvalue weighted by molar-refractivity contribution is 6.33. The zero-order chi connectivity index (χ0) is 7.72. The molecule has 10 heavy (non-hydrogen) atoms. The number of hydrogen-bond acceptors (Lipinski definition) is 2. The van der Waals surface area contributed by atoms with Crippen molar-refractivity contribution in [2.75, 3.05) is 0 Å². The molecular formula is C8H8O2. The van der Waals surface area contributed by atoms with Gasteiger partial charge in [-0.05, 0) is 26.0 Å². The molecule has 0 spiro atoms. The van der Waals surface area contributed by atoms with Crippen LogP contribution in [0.25, 0.3) is 0 Å². The van der Waals surface area contributed by atoms with E-state index in [1.165, 1.54) is 12.2 Å². The predicted molar refractivity (Wildman–Crippen MR) is 37.5 cm³/mol. The van der Waals surface area contributed by atoms with Crippen molar-refractivity contribution in [1.29, 1.82) is 0 Å². The molecule has 0 amide bonds. The molecule has 0 unspecified atom stereocenters. The van der Waals surface area contributed by atoms with Crippen LogP contribution in [0.2, 0.25) is 0 Å². The summed E-state index contributed by atoms with van der Waals surface area (Å²) in [6, 6.07) is 0. The fourth-order valence-electron chi connectivity index (χ4n) is 0.932. The van der Waals surface area contributed by atoms with E-state index in [2.05, 4.69) is 0 Å². The molecule has 0 fully saturated rings. The molecule has 1 aliphatic rings. The molecule has 1 rings (SSSR count). The lowest BCUT2D eigenvalue weighted by Crippen LogP contribution is -2.02. The smallest absolute Gasteiger partial charge is 0.189 e. The molecule has 0 saturated heterocycles. The third kappa shape index (κ3) is 0.923. The Balaban J connectivity index is 3.13. The highest BCUT2D eigenvalue weighted by Gasteiger charge is 2.20. The van der Waals surface area contributed by atoms with E-state index >= 15 is 0 Å². The van der Waals surface area contributed by atoms with Gasteiger partial charge in [0, 0.05) is 0 Å². The SMILES string of the molecule is CC(C)=C1C(=O)C=CC1=O. The normalized spacial score (nSPS) is 16.8. The van der Waals surface area contributed by atoms with Crippen molar-refractivity contribution < 1.29 is 9.59 Å². The van der Waals surface area contributed by atoms with Gasteiger partial charge in [-0.25, -0.2) is 0 Å². The molecule has 0 radical (unpaired) electrons. The summed E-state index contributed by atoms with van der Waals surface area (Å²) in [6.45, 7) is 3.52. The number of carbonyl (C=O) groups is 2. The number of allylic oxidation sites excluding steroid dienone is 4. The Hall–Kier alpha value is -1.18. The molecule has 0 aromatic rings. The largest absolute Gasteiger partial charge is 0.289 e. The maximum Gasteiger partial charge on any atom is 0.189 e. The van der Waals surface area contributed by atoms with Crippen LogP contribution in [0, 0.1) is 0 Å². The summed E-state index contributed by atoms with van der Waals surface area (Å²) < 4.78 is 0. The van der Waals surface area contributed by atoms with E-state index in [0.29, 0.717) is 5.57 Å². The summed E-state index contributed by atoms with van der Waals surface area (Å²) >= 11 is 0. The van der Waals surface area contributed by atoms with Gasteiger partial charge in [0.15, 0.2) is 11.6 Å². The molecule has 0 aromatic heterocycles. The Labute approximate surface area is 59.2 Å². The highest BCUT2D eigenvalue weighted by Crippen LogP contribution is 2.13. The zero-order valence-corrected chi connectivity index (χ0v) is 5.97. The van der Waals surface area contributed by atoms with Crippen LogP contribution in [0.3, 0.4) is 0 Å². The molecule has 0 atom stereocenters. The van der Waals surface area contributed by atoms with Gasteiger partial charge in [-0.15, -0.1) is 0 Å². The first-order valence-electron chi connectivity index (χ1n) is 3.07. The fourth-order valence-corrected chi connectivity index (χ4v) is 0.932. The van der Waals surface area contributed by atoms with Crippen LogP contribution >= 0.6 is 0 Å². The Morgan fingerprint density at radius 3 is 1.70 bits per heavy atom. The van der Waals surface area contributed by atoms with Gasteiger partial charge in [-0.3, -0.25) is 9.59 Å². The summed E-state index contributed by atoms with van der Waals surface area (Å²) in [7, 11) is 0. The second-order valence-electron chi connectivity index (χ2n) is 2.44. The van der Waals surface area contributed by atoms with E-state index < -0.39 is 0 Å². The van der Waals surface area contributed by atoms with Crippen molar-refractivity contribution >= 4 is 11.6 Å². The van der Waals surface area contributed by atoms with Crippen LogP contribution in [-0.4, -0.2) is 11.6 Å². The summed E-state index contributed by atoms with van der Waals surface area (Å²) in [5, 5.41) is 0. The number of rotatable bonds is 0. The summed E-state index contributed by atoms with van der Waals surface area (Å²) in [6.07, 6.45) is 2.62. The summed E-state index contributed by atoms with van der Waals surface area (Å²) in [4.78, 5) is 21.7. The lowest BCUT2D eigenvalue weighted by atomic mass is 10.1. The second kappa shape index (κ2) is 2.21. The van der Waals surface area contributed by atoms with Gasteiger partial charge >= 0.3 is 0 Å². The lowest BCUT2D eigenvalue weighted by molar-refractivity contribution is -0.115. The number of carbonyl (C=O) groups excluding carboxylic acids is 2. The van der Waals surface area contributed by atoms with Crippen LogP contribution in [0.15, 0.2) is 23.3 Å². The van der Waals surface area contributed by atoms with Crippen LogP contribution in [0.1, 0.15) is 13.8 Å². The Morgan fingerprint density at radius 2 is 1.50 bits per heavy atom. The topological polar surface area (TPSA) is 34.1 Å². The van der Waals surface area contributed by atoms with Crippen LogP contribution in [0.5, 0.6) is 0 Å².